The van der Waals surface area contributed by atoms with Crippen molar-refractivity contribution in [3.05, 3.63) is 54.1 Å². The van der Waals surface area contributed by atoms with Crippen molar-refractivity contribution in [3.63, 3.8) is 0 Å². The fourth-order valence-corrected chi connectivity index (χ4v) is 5.17. The molecular formula is C27H37N3O6S. The third kappa shape index (κ3) is 7.38. The third-order valence-corrected chi connectivity index (χ3v) is 7.95. The van der Waals surface area contributed by atoms with Crippen LogP contribution in [-0.4, -0.2) is 63.2 Å². The molecule has 2 amide bonds. The summed E-state index contributed by atoms with van der Waals surface area (Å²) in [5.41, 5.74) is 1.15. The molecule has 1 N–H and O–H groups in total. The molecule has 2 aromatic rings. The number of fused-ring (bicyclic) bond motifs is 1. The first-order chi connectivity index (χ1) is 17.8. The number of carbonyl (C=O) groups excluding carboxylic acids is 2. The number of hydrogen-bond donors (Lipinski definition) is 1. The molecule has 1 atom stereocenters. The van der Waals surface area contributed by atoms with Gasteiger partial charge in [0.2, 0.25) is 21.8 Å². The Labute approximate surface area is 219 Å². The molecule has 0 radical (unpaired) electrons. The van der Waals surface area contributed by atoms with E-state index in [1.807, 2.05) is 44.2 Å². The van der Waals surface area contributed by atoms with Gasteiger partial charge in [0.05, 0.1) is 11.4 Å². The van der Waals surface area contributed by atoms with Crippen LogP contribution in [0.5, 0.6) is 11.5 Å². The van der Waals surface area contributed by atoms with E-state index in [1.165, 1.54) is 11.8 Å². The molecule has 0 aliphatic carbocycles. The normalized spacial score (nSPS) is 13.5. The van der Waals surface area contributed by atoms with E-state index in [-0.39, 0.29) is 18.2 Å². The number of benzene rings is 2. The second kappa shape index (κ2) is 13.3. The van der Waals surface area contributed by atoms with Gasteiger partial charge in [-0.1, -0.05) is 50.6 Å². The molecule has 3 rings (SSSR count). The molecule has 2 aromatic carbocycles. The summed E-state index contributed by atoms with van der Waals surface area (Å²) < 4.78 is 38.5. The van der Waals surface area contributed by atoms with E-state index >= 15 is 0 Å². The molecule has 0 fully saturated rings. The summed E-state index contributed by atoms with van der Waals surface area (Å²) in [5.74, 6) is 0.0473. The van der Waals surface area contributed by atoms with Gasteiger partial charge in [0.15, 0.2) is 11.5 Å². The zero-order valence-corrected chi connectivity index (χ0v) is 22.6. The van der Waals surface area contributed by atoms with Gasteiger partial charge in [-0.25, -0.2) is 8.42 Å². The maximum atomic E-state index is 13.8. The highest BCUT2D eigenvalue weighted by atomic mass is 32.2. The Hall–Kier alpha value is -3.27. The number of ether oxygens (including phenoxy) is 2. The summed E-state index contributed by atoms with van der Waals surface area (Å²) in [6.45, 7) is 6.43. The van der Waals surface area contributed by atoms with Crippen LogP contribution < -0.4 is 19.1 Å². The molecule has 1 aliphatic rings. The van der Waals surface area contributed by atoms with Crippen molar-refractivity contribution in [2.75, 3.05) is 36.4 Å². The topological polar surface area (TPSA) is 105 Å². The van der Waals surface area contributed by atoms with Crippen LogP contribution >= 0.6 is 0 Å². The summed E-state index contributed by atoms with van der Waals surface area (Å²) >= 11 is 0. The monoisotopic (exact) mass is 531 g/mol. The van der Waals surface area contributed by atoms with E-state index in [0.29, 0.717) is 43.4 Å². The van der Waals surface area contributed by atoms with Crippen molar-refractivity contribution >= 4 is 27.5 Å². The number of hydrogen-bond acceptors (Lipinski definition) is 6. The van der Waals surface area contributed by atoms with Crippen LogP contribution in [-0.2, 0) is 26.2 Å². The summed E-state index contributed by atoms with van der Waals surface area (Å²) in [6.07, 6.45) is 2.16. The fraction of sp³-hybridized carbons (Fsp3) is 0.481. The van der Waals surface area contributed by atoms with Crippen LogP contribution in [0.15, 0.2) is 48.5 Å². The van der Waals surface area contributed by atoms with Crippen molar-refractivity contribution < 1.29 is 27.5 Å². The SMILES string of the molecule is CCCCNC(=O)[C@H](CC)N(Cc1ccccc1)C(=O)CN(c1ccc2c(c1)OCCO2)S(=O)(=O)CC. The predicted octanol–water partition coefficient (Wildman–Crippen LogP) is 3.34. The fourth-order valence-electron chi connectivity index (χ4n) is 4.11. The number of sulfonamides is 1. The second-order valence-electron chi connectivity index (χ2n) is 8.81. The van der Waals surface area contributed by atoms with Gasteiger partial charge in [0, 0.05) is 19.2 Å². The molecular weight excluding hydrogens is 494 g/mol. The van der Waals surface area contributed by atoms with Crippen molar-refractivity contribution in [1.29, 1.82) is 0 Å². The smallest absolute Gasteiger partial charge is 0.244 e. The third-order valence-electron chi connectivity index (χ3n) is 6.20. The predicted molar refractivity (Wildman–Crippen MR) is 143 cm³/mol. The minimum atomic E-state index is -3.82. The standard InChI is InChI=1S/C27H37N3O6S/c1-4-7-15-28-27(32)23(5-2)29(19-21-11-9-8-10-12-21)26(31)20-30(37(33,34)6-3)22-13-14-24-25(18-22)36-17-16-35-24/h8-14,18,23H,4-7,15-17,19-20H2,1-3H3,(H,28,32)/t23-/m0/s1. The summed E-state index contributed by atoms with van der Waals surface area (Å²) in [4.78, 5) is 28.4. The zero-order chi connectivity index (χ0) is 26.8. The van der Waals surface area contributed by atoms with Crippen LogP contribution in [0.2, 0.25) is 0 Å². The minimum absolute atomic E-state index is 0.181. The molecule has 0 saturated heterocycles. The molecule has 1 aliphatic heterocycles. The Bertz CT molecular complexity index is 1160. The number of carbonyl (C=O) groups is 2. The lowest BCUT2D eigenvalue weighted by molar-refractivity contribution is -0.140. The summed E-state index contributed by atoms with van der Waals surface area (Å²) in [5, 5.41) is 2.92. The van der Waals surface area contributed by atoms with Gasteiger partial charge < -0.3 is 19.7 Å². The quantitative estimate of drug-likeness (QED) is 0.398. The van der Waals surface area contributed by atoms with Crippen molar-refractivity contribution in [1.82, 2.24) is 10.2 Å². The van der Waals surface area contributed by atoms with Crippen LogP contribution in [0.1, 0.15) is 45.6 Å². The second-order valence-corrected chi connectivity index (χ2v) is 11.0. The highest BCUT2D eigenvalue weighted by molar-refractivity contribution is 7.92. The Balaban J connectivity index is 1.93. The molecule has 37 heavy (non-hydrogen) atoms. The first-order valence-corrected chi connectivity index (χ1v) is 14.4. The molecule has 1 heterocycles. The van der Waals surface area contributed by atoms with E-state index in [2.05, 4.69) is 5.32 Å². The van der Waals surface area contributed by atoms with Crippen molar-refractivity contribution in [3.8, 4) is 11.5 Å². The number of amides is 2. The minimum Gasteiger partial charge on any atom is -0.486 e. The number of nitrogens with zero attached hydrogens (tertiary/aromatic N) is 2. The lowest BCUT2D eigenvalue weighted by atomic mass is 10.1. The van der Waals surface area contributed by atoms with Gasteiger partial charge in [-0.3, -0.25) is 13.9 Å². The summed E-state index contributed by atoms with van der Waals surface area (Å²) in [7, 11) is -3.82. The van der Waals surface area contributed by atoms with Gasteiger partial charge in [-0.05, 0) is 37.5 Å². The Morgan fingerprint density at radius 1 is 1.00 bits per heavy atom. The first kappa shape index (κ1) is 28.3. The van der Waals surface area contributed by atoms with Crippen LogP contribution in [0.4, 0.5) is 5.69 Å². The molecule has 202 valence electrons. The lowest BCUT2D eigenvalue weighted by Crippen LogP contribution is -2.52. The van der Waals surface area contributed by atoms with Gasteiger partial charge in [0.1, 0.15) is 25.8 Å². The highest BCUT2D eigenvalue weighted by Crippen LogP contribution is 2.35. The highest BCUT2D eigenvalue weighted by Gasteiger charge is 2.32. The van der Waals surface area contributed by atoms with E-state index in [0.717, 1.165) is 22.7 Å². The summed E-state index contributed by atoms with van der Waals surface area (Å²) in [6, 6.07) is 13.4. The number of anilines is 1. The Morgan fingerprint density at radius 2 is 1.70 bits per heavy atom. The van der Waals surface area contributed by atoms with E-state index < -0.39 is 28.5 Å². The average molecular weight is 532 g/mol. The van der Waals surface area contributed by atoms with E-state index in [4.69, 9.17) is 9.47 Å². The number of unbranched alkanes of at least 4 members (excludes halogenated alkanes) is 1. The number of nitrogens with one attached hydrogen (secondary N) is 1. The van der Waals surface area contributed by atoms with Gasteiger partial charge in [-0.15, -0.1) is 0 Å². The Morgan fingerprint density at radius 3 is 2.35 bits per heavy atom. The van der Waals surface area contributed by atoms with Crippen LogP contribution in [0, 0.1) is 0 Å². The Kier molecular flexibility index (Phi) is 10.2. The van der Waals surface area contributed by atoms with Crippen LogP contribution in [0.25, 0.3) is 0 Å². The van der Waals surface area contributed by atoms with Gasteiger partial charge in [0.25, 0.3) is 0 Å². The van der Waals surface area contributed by atoms with Crippen LogP contribution in [0.3, 0.4) is 0 Å². The van der Waals surface area contributed by atoms with Gasteiger partial charge >= 0.3 is 0 Å². The molecule has 0 spiro atoms. The van der Waals surface area contributed by atoms with Crippen molar-refractivity contribution in [2.45, 2.75) is 52.6 Å². The number of rotatable bonds is 13. The molecule has 0 unspecified atom stereocenters. The van der Waals surface area contributed by atoms with E-state index in [1.54, 1.807) is 18.2 Å². The van der Waals surface area contributed by atoms with Gasteiger partial charge in [-0.2, -0.15) is 0 Å². The maximum absolute atomic E-state index is 13.8. The molecule has 0 saturated carbocycles. The largest absolute Gasteiger partial charge is 0.486 e. The maximum Gasteiger partial charge on any atom is 0.244 e. The molecule has 0 aromatic heterocycles. The molecule has 0 bridgehead atoms. The van der Waals surface area contributed by atoms with E-state index in [9.17, 15) is 18.0 Å². The molecule has 9 nitrogen and oxygen atoms in total. The lowest BCUT2D eigenvalue weighted by Gasteiger charge is -2.33. The zero-order valence-electron chi connectivity index (χ0n) is 21.8. The molecule has 10 heteroatoms. The average Bonchev–Trinajstić information content (AvgIpc) is 2.91. The van der Waals surface area contributed by atoms with Crippen molar-refractivity contribution in [2.24, 2.45) is 0 Å². The first-order valence-electron chi connectivity index (χ1n) is 12.8.